The van der Waals surface area contributed by atoms with Gasteiger partial charge in [-0.25, -0.2) is 4.39 Å². The molecule has 0 unspecified atom stereocenters. The molecular weight excluding hydrogens is 343 g/mol. The second kappa shape index (κ2) is 6.27. The van der Waals surface area contributed by atoms with Gasteiger partial charge in [0.15, 0.2) is 0 Å². The van der Waals surface area contributed by atoms with Crippen LogP contribution in [-0.4, -0.2) is 11.8 Å². The zero-order chi connectivity index (χ0) is 17.6. The number of carbonyl (C=O) groups excluding carboxylic acids is 2. The van der Waals surface area contributed by atoms with Crippen molar-refractivity contribution in [2.75, 3.05) is 0 Å². The molecule has 4 nitrogen and oxygen atoms in total. The Bertz CT molecular complexity index is 686. The zero-order valence-corrected chi connectivity index (χ0v) is 14.7. The Labute approximate surface area is 151 Å². The molecule has 4 aliphatic carbocycles. The Balaban J connectivity index is 1.34. The Hall–Kier alpha value is -1.62. The van der Waals surface area contributed by atoms with Crippen molar-refractivity contribution < 1.29 is 14.0 Å². The van der Waals surface area contributed by atoms with Crippen molar-refractivity contribution in [2.24, 2.45) is 23.2 Å². The van der Waals surface area contributed by atoms with E-state index in [2.05, 4.69) is 10.9 Å². The van der Waals surface area contributed by atoms with E-state index in [9.17, 15) is 14.0 Å². The standard InChI is InChI=1S/C19H22ClFN2O2/c20-16-6-14(21)1-2-15(16)18(25)23-22-17(24)10-19-7-11-3-12(8-19)5-13(4-11)9-19/h1-2,6,11-13H,3-5,7-10H2,(H,22,24)(H,23,25). The summed E-state index contributed by atoms with van der Waals surface area (Å²) in [7, 11) is 0. The molecule has 1 aromatic carbocycles. The van der Waals surface area contributed by atoms with Crippen LogP contribution in [0.5, 0.6) is 0 Å². The van der Waals surface area contributed by atoms with E-state index in [0.29, 0.717) is 6.42 Å². The summed E-state index contributed by atoms with van der Waals surface area (Å²) in [4.78, 5) is 24.5. The maximum absolute atomic E-state index is 13.1. The number of halogens is 2. The van der Waals surface area contributed by atoms with Crippen molar-refractivity contribution in [3.8, 4) is 0 Å². The number of hydrazine groups is 1. The Morgan fingerprint density at radius 1 is 1.08 bits per heavy atom. The van der Waals surface area contributed by atoms with Crippen LogP contribution >= 0.6 is 11.6 Å². The van der Waals surface area contributed by atoms with Crippen molar-refractivity contribution in [3.63, 3.8) is 0 Å². The van der Waals surface area contributed by atoms with Gasteiger partial charge in [0.1, 0.15) is 5.82 Å². The topological polar surface area (TPSA) is 58.2 Å². The molecule has 4 aliphatic rings. The lowest BCUT2D eigenvalue weighted by Crippen LogP contribution is -2.50. The van der Waals surface area contributed by atoms with Crippen LogP contribution in [0.25, 0.3) is 0 Å². The summed E-state index contributed by atoms with van der Waals surface area (Å²) in [6.45, 7) is 0. The molecule has 4 saturated carbocycles. The van der Waals surface area contributed by atoms with Gasteiger partial charge in [-0.1, -0.05) is 11.6 Å². The normalized spacial score (nSPS) is 32.5. The first kappa shape index (κ1) is 16.8. The van der Waals surface area contributed by atoms with Crippen LogP contribution in [0.1, 0.15) is 55.3 Å². The maximum atomic E-state index is 13.1. The first-order chi connectivity index (χ1) is 11.9. The van der Waals surface area contributed by atoms with Crippen LogP contribution in [0.4, 0.5) is 4.39 Å². The summed E-state index contributed by atoms with van der Waals surface area (Å²) in [6, 6.07) is 3.55. The molecule has 2 amide bonds. The molecule has 6 heteroatoms. The van der Waals surface area contributed by atoms with Gasteiger partial charge in [-0.3, -0.25) is 20.4 Å². The average molecular weight is 365 g/mol. The van der Waals surface area contributed by atoms with E-state index in [4.69, 9.17) is 11.6 Å². The molecule has 4 bridgehead atoms. The molecule has 0 heterocycles. The SMILES string of the molecule is O=C(CC12CC3CC(CC(C3)C1)C2)NNC(=O)c1ccc(F)cc1Cl. The molecule has 0 aliphatic heterocycles. The molecule has 0 radical (unpaired) electrons. The average Bonchev–Trinajstić information content (AvgIpc) is 2.50. The van der Waals surface area contributed by atoms with Crippen LogP contribution in [0.2, 0.25) is 5.02 Å². The number of amides is 2. The van der Waals surface area contributed by atoms with Gasteiger partial charge in [0, 0.05) is 6.42 Å². The first-order valence-corrected chi connectivity index (χ1v) is 9.34. The van der Waals surface area contributed by atoms with Crippen LogP contribution in [-0.2, 0) is 4.79 Å². The van der Waals surface area contributed by atoms with Gasteiger partial charge in [-0.15, -0.1) is 0 Å². The summed E-state index contributed by atoms with van der Waals surface area (Å²) in [6.07, 6.45) is 7.90. The molecule has 0 spiro atoms. The molecule has 4 fully saturated rings. The Morgan fingerprint density at radius 3 is 2.24 bits per heavy atom. The van der Waals surface area contributed by atoms with E-state index in [1.807, 2.05) is 0 Å². The van der Waals surface area contributed by atoms with E-state index >= 15 is 0 Å². The molecule has 1 aromatic rings. The largest absolute Gasteiger partial charge is 0.273 e. The van der Waals surface area contributed by atoms with E-state index in [0.717, 1.165) is 49.1 Å². The minimum Gasteiger partial charge on any atom is -0.273 e. The van der Waals surface area contributed by atoms with E-state index < -0.39 is 11.7 Å². The number of hydrogen-bond donors (Lipinski definition) is 2. The second-order valence-electron chi connectivity index (χ2n) is 8.22. The molecule has 0 saturated heterocycles. The van der Waals surface area contributed by atoms with Gasteiger partial charge in [0.25, 0.3) is 5.91 Å². The van der Waals surface area contributed by atoms with Crippen LogP contribution < -0.4 is 10.9 Å². The third-order valence-electron chi connectivity index (χ3n) is 6.19. The Morgan fingerprint density at radius 2 is 1.68 bits per heavy atom. The third kappa shape index (κ3) is 3.39. The molecule has 2 N–H and O–H groups in total. The highest BCUT2D eigenvalue weighted by Crippen LogP contribution is 2.61. The fourth-order valence-electron chi connectivity index (χ4n) is 5.76. The van der Waals surface area contributed by atoms with Gasteiger partial charge in [0.2, 0.25) is 5.91 Å². The molecule has 0 aromatic heterocycles. The summed E-state index contributed by atoms with van der Waals surface area (Å²) < 4.78 is 13.1. The Kier molecular flexibility index (Phi) is 4.22. The fraction of sp³-hybridized carbons (Fsp3) is 0.579. The van der Waals surface area contributed by atoms with E-state index in [-0.39, 0.29) is 21.9 Å². The van der Waals surface area contributed by atoms with E-state index in [1.165, 1.54) is 25.3 Å². The number of nitrogens with one attached hydrogen (secondary N) is 2. The number of carbonyl (C=O) groups is 2. The van der Waals surface area contributed by atoms with Gasteiger partial charge in [-0.2, -0.15) is 0 Å². The van der Waals surface area contributed by atoms with Crippen molar-refractivity contribution in [1.82, 2.24) is 10.9 Å². The summed E-state index contributed by atoms with van der Waals surface area (Å²) in [5, 5.41) is 0.0211. The quantitative estimate of drug-likeness (QED) is 0.800. The van der Waals surface area contributed by atoms with Crippen LogP contribution in [0.3, 0.4) is 0 Å². The van der Waals surface area contributed by atoms with Crippen molar-refractivity contribution in [2.45, 2.75) is 44.9 Å². The minimum atomic E-state index is -0.538. The third-order valence-corrected chi connectivity index (χ3v) is 6.50. The second-order valence-corrected chi connectivity index (χ2v) is 8.63. The maximum Gasteiger partial charge on any atom is 0.271 e. The predicted octanol–water partition coefficient (Wildman–Crippen LogP) is 3.85. The molecule has 0 atom stereocenters. The monoisotopic (exact) mass is 364 g/mol. The van der Waals surface area contributed by atoms with Crippen molar-refractivity contribution in [1.29, 1.82) is 0 Å². The van der Waals surface area contributed by atoms with Gasteiger partial charge >= 0.3 is 0 Å². The van der Waals surface area contributed by atoms with Gasteiger partial charge in [0.05, 0.1) is 10.6 Å². The molecule has 5 rings (SSSR count). The van der Waals surface area contributed by atoms with E-state index in [1.54, 1.807) is 0 Å². The highest BCUT2D eigenvalue weighted by atomic mass is 35.5. The highest BCUT2D eigenvalue weighted by Gasteiger charge is 2.51. The minimum absolute atomic E-state index is 0.0211. The lowest BCUT2D eigenvalue weighted by Gasteiger charge is -2.56. The van der Waals surface area contributed by atoms with Gasteiger partial charge < -0.3 is 0 Å². The summed E-state index contributed by atoms with van der Waals surface area (Å²) in [5.74, 6) is 1.15. The van der Waals surface area contributed by atoms with Crippen molar-refractivity contribution in [3.05, 3.63) is 34.6 Å². The molecular formula is C19H22ClFN2O2. The number of hydrogen-bond acceptors (Lipinski definition) is 2. The first-order valence-electron chi connectivity index (χ1n) is 8.97. The highest BCUT2D eigenvalue weighted by molar-refractivity contribution is 6.33. The lowest BCUT2D eigenvalue weighted by atomic mass is 9.49. The predicted molar refractivity (Wildman–Crippen MR) is 92.2 cm³/mol. The number of rotatable bonds is 3. The lowest BCUT2D eigenvalue weighted by molar-refractivity contribution is -0.130. The zero-order valence-electron chi connectivity index (χ0n) is 14.0. The van der Waals surface area contributed by atoms with Crippen molar-refractivity contribution >= 4 is 23.4 Å². The summed E-state index contributed by atoms with van der Waals surface area (Å²) in [5.41, 5.74) is 5.16. The van der Waals surface area contributed by atoms with Crippen LogP contribution in [0.15, 0.2) is 18.2 Å². The fourth-order valence-corrected chi connectivity index (χ4v) is 6.01. The number of benzene rings is 1. The molecule has 25 heavy (non-hydrogen) atoms. The van der Waals surface area contributed by atoms with Crippen LogP contribution in [0, 0.1) is 29.0 Å². The molecule has 134 valence electrons. The summed E-state index contributed by atoms with van der Waals surface area (Å²) >= 11 is 5.87. The smallest absolute Gasteiger partial charge is 0.271 e. The van der Waals surface area contributed by atoms with Gasteiger partial charge in [-0.05, 0) is 79.9 Å².